The lowest BCUT2D eigenvalue weighted by Gasteiger charge is -2.12. The van der Waals surface area contributed by atoms with Crippen molar-refractivity contribution < 1.29 is 9.47 Å². The SMILES string of the molecule is CCCCCCCCOc1cc[c]cc1OCCCCCC. The minimum Gasteiger partial charge on any atom is -0.490 e. The molecule has 0 atom stereocenters. The third kappa shape index (κ3) is 8.96. The molecule has 0 N–H and O–H groups in total. The van der Waals surface area contributed by atoms with Crippen molar-refractivity contribution >= 4 is 0 Å². The highest BCUT2D eigenvalue weighted by atomic mass is 16.5. The molecule has 0 unspecified atom stereocenters. The Kier molecular flexibility index (Phi) is 11.6. The molecule has 0 amide bonds. The molecule has 0 saturated carbocycles. The Balaban J connectivity index is 2.19. The highest BCUT2D eigenvalue weighted by molar-refractivity contribution is 5.38. The van der Waals surface area contributed by atoms with Crippen LogP contribution in [0.25, 0.3) is 0 Å². The van der Waals surface area contributed by atoms with E-state index in [0.717, 1.165) is 37.6 Å². The summed E-state index contributed by atoms with van der Waals surface area (Å²) < 4.78 is 11.7. The van der Waals surface area contributed by atoms with Crippen molar-refractivity contribution in [3.8, 4) is 11.5 Å². The largest absolute Gasteiger partial charge is 0.490 e. The van der Waals surface area contributed by atoms with Crippen LogP contribution in [0.2, 0.25) is 0 Å². The fraction of sp³-hybridized carbons (Fsp3) is 0.700. The van der Waals surface area contributed by atoms with Gasteiger partial charge in [0.2, 0.25) is 0 Å². The fourth-order valence-corrected chi connectivity index (χ4v) is 2.41. The molecule has 0 aliphatic heterocycles. The Morgan fingerprint density at radius 2 is 1.27 bits per heavy atom. The zero-order valence-electron chi connectivity index (χ0n) is 14.5. The molecule has 1 aromatic rings. The summed E-state index contributed by atoms with van der Waals surface area (Å²) in [7, 11) is 0. The van der Waals surface area contributed by atoms with Gasteiger partial charge >= 0.3 is 0 Å². The van der Waals surface area contributed by atoms with Crippen LogP contribution in [0.5, 0.6) is 11.5 Å². The minimum absolute atomic E-state index is 0.769. The number of rotatable bonds is 14. The normalized spacial score (nSPS) is 10.6. The molecule has 2 nitrogen and oxygen atoms in total. The van der Waals surface area contributed by atoms with E-state index in [2.05, 4.69) is 19.9 Å². The lowest BCUT2D eigenvalue weighted by atomic mass is 10.1. The van der Waals surface area contributed by atoms with Crippen LogP contribution in [-0.4, -0.2) is 13.2 Å². The number of unbranched alkanes of at least 4 members (excludes halogenated alkanes) is 8. The summed E-state index contributed by atoms with van der Waals surface area (Å²) in [6.45, 7) is 6.02. The van der Waals surface area contributed by atoms with Gasteiger partial charge in [-0.2, -0.15) is 0 Å². The maximum atomic E-state index is 5.88. The molecule has 22 heavy (non-hydrogen) atoms. The second kappa shape index (κ2) is 13.5. The number of hydrogen-bond donors (Lipinski definition) is 0. The van der Waals surface area contributed by atoms with E-state index >= 15 is 0 Å². The van der Waals surface area contributed by atoms with Crippen LogP contribution >= 0.6 is 0 Å². The van der Waals surface area contributed by atoms with Crippen LogP contribution in [0.3, 0.4) is 0 Å². The molecule has 0 heterocycles. The van der Waals surface area contributed by atoms with E-state index in [0.29, 0.717) is 0 Å². The lowest BCUT2D eigenvalue weighted by Crippen LogP contribution is -2.02. The van der Waals surface area contributed by atoms with Gasteiger partial charge in [-0.05, 0) is 31.0 Å². The van der Waals surface area contributed by atoms with Crippen molar-refractivity contribution in [3.63, 3.8) is 0 Å². The van der Waals surface area contributed by atoms with Crippen molar-refractivity contribution in [2.75, 3.05) is 13.2 Å². The maximum Gasteiger partial charge on any atom is 0.161 e. The van der Waals surface area contributed by atoms with E-state index < -0.39 is 0 Å². The number of benzene rings is 1. The van der Waals surface area contributed by atoms with Gasteiger partial charge in [0.25, 0.3) is 0 Å². The first-order chi connectivity index (χ1) is 10.9. The molecule has 0 saturated heterocycles. The average molecular weight is 305 g/mol. The molecule has 1 radical (unpaired) electrons. The smallest absolute Gasteiger partial charge is 0.161 e. The Bertz CT molecular complexity index is 362. The zero-order chi connectivity index (χ0) is 15.9. The number of hydrogen-bond acceptors (Lipinski definition) is 2. The van der Waals surface area contributed by atoms with E-state index in [4.69, 9.17) is 9.47 Å². The quantitative estimate of drug-likeness (QED) is 0.382. The molecule has 0 spiro atoms. The summed E-state index contributed by atoms with van der Waals surface area (Å²) in [5, 5.41) is 0. The van der Waals surface area contributed by atoms with Gasteiger partial charge in [-0.1, -0.05) is 71.3 Å². The molecule has 0 aliphatic rings. The topological polar surface area (TPSA) is 18.5 Å². The summed E-state index contributed by atoms with van der Waals surface area (Å²) in [5.41, 5.74) is 0. The van der Waals surface area contributed by atoms with Crippen LogP contribution in [-0.2, 0) is 0 Å². The van der Waals surface area contributed by atoms with Crippen molar-refractivity contribution in [3.05, 3.63) is 24.3 Å². The van der Waals surface area contributed by atoms with Gasteiger partial charge in [0.05, 0.1) is 13.2 Å². The van der Waals surface area contributed by atoms with Crippen LogP contribution in [0.4, 0.5) is 0 Å². The highest BCUT2D eigenvalue weighted by Gasteiger charge is 2.04. The highest BCUT2D eigenvalue weighted by Crippen LogP contribution is 2.26. The second-order valence-electron chi connectivity index (χ2n) is 5.90. The molecular formula is C20H33O2. The van der Waals surface area contributed by atoms with E-state index in [1.807, 2.05) is 18.2 Å². The Morgan fingerprint density at radius 3 is 1.95 bits per heavy atom. The first-order valence-corrected chi connectivity index (χ1v) is 9.14. The summed E-state index contributed by atoms with van der Waals surface area (Å²) >= 11 is 0. The van der Waals surface area contributed by atoms with Crippen molar-refractivity contribution in [2.24, 2.45) is 0 Å². The van der Waals surface area contributed by atoms with Crippen LogP contribution in [0.15, 0.2) is 18.2 Å². The van der Waals surface area contributed by atoms with Gasteiger partial charge in [0.1, 0.15) is 0 Å². The summed E-state index contributed by atoms with van der Waals surface area (Å²) in [4.78, 5) is 0. The predicted molar refractivity (Wildman–Crippen MR) is 93.8 cm³/mol. The van der Waals surface area contributed by atoms with Crippen molar-refractivity contribution in [2.45, 2.75) is 78.1 Å². The van der Waals surface area contributed by atoms with E-state index in [9.17, 15) is 0 Å². The van der Waals surface area contributed by atoms with E-state index in [1.165, 1.54) is 51.4 Å². The average Bonchev–Trinajstić information content (AvgIpc) is 2.55. The first-order valence-electron chi connectivity index (χ1n) is 9.14. The molecular weight excluding hydrogens is 272 g/mol. The van der Waals surface area contributed by atoms with E-state index in [-0.39, 0.29) is 0 Å². The molecule has 1 rings (SSSR count). The summed E-state index contributed by atoms with van der Waals surface area (Å²) in [6.07, 6.45) is 12.6. The lowest BCUT2D eigenvalue weighted by molar-refractivity contribution is 0.258. The van der Waals surface area contributed by atoms with Gasteiger partial charge < -0.3 is 9.47 Å². The molecule has 0 aliphatic carbocycles. The van der Waals surface area contributed by atoms with Crippen molar-refractivity contribution in [1.82, 2.24) is 0 Å². The van der Waals surface area contributed by atoms with E-state index in [1.54, 1.807) is 0 Å². The first kappa shape index (κ1) is 18.9. The third-order valence-corrected chi connectivity index (χ3v) is 3.80. The molecule has 0 aromatic heterocycles. The van der Waals surface area contributed by atoms with Crippen LogP contribution in [0, 0.1) is 6.07 Å². The molecule has 125 valence electrons. The van der Waals surface area contributed by atoms with Gasteiger partial charge in [-0.15, -0.1) is 0 Å². The number of ether oxygens (including phenoxy) is 2. The van der Waals surface area contributed by atoms with Crippen molar-refractivity contribution in [1.29, 1.82) is 0 Å². The van der Waals surface area contributed by atoms with Gasteiger partial charge in [-0.3, -0.25) is 0 Å². The van der Waals surface area contributed by atoms with Gasteiger partial charge in [0.15, 0.2) is 11.5 Å². The Hall–Kier alpha value is -1.18. The summed E-state index contributed by atoms with van der Waals surface area (Å²) in [5.74, 6) is 1.70. The standard InChI is InChI=1S/C20H33O2/c1-3-5-7-9-10-14-18-22-20-16-12-11-15-19(20)21-17-13-8-6-4-2/h12,15-16H,3-10,13-14,17-18H2,1-2H3. The van der Waals surface area contributed by atoms with Gasteiger partial charge in [0, 0.05) is 0 Å². The Morgan fingerprint density at radius 1 is 0.727 bits per heavy atom. The minimum atomic E-state index is 0.769. The molecule has 2 heteroatoms. The maximum absolute atomic E-state index is 5.88. The fourth-order valence-electron chi connectivity index (χ4n) is 2.41. The van der Waals surface area contributed by atoms with Crippen LogP contribution in [0.1, 0.15) is 78.1 Å². The monoisotopic (exact) mass is 305 g/mol. The van der Waals surface area contributed by atoms with Gasteiger partial charge in [-0.25, -0.2) is 0 Å². The Labute approximate surface area is 137 Å². The predicted octanol–water partition coefficient (Wildman–Crippen LogP) is 6.19. The zero-order valence-corrected chi connectivity index (χ0v) is 14.5. The summed E-state index contributed by atoms with van der Waals surface area (Å²) in [6, 6.07) is 8.80. The molecule has 1 aromatic carbocycles. The third-order valence-electron chi connectivity index (χ3n) is 3.80. The molecule has 0 bridgehead atoms. The molecule has 0 fully saturated rings. The van der Waals surface area contributed by atoms with Crippen LogP contribution < -0.4 is 9.47 Å². The second-order valence-corrected chi connectivity index (χ2v) is 5.90.